The summed E-state index contributed by atoms with van der Waals surface area (Å²) in [5.74, 6) is -2.48. The Hall–Kier alpha value is -4.38. The lowest BCUT2D eigenvalue weighted by molar-refractivity contribution is -0.132. The van der Waals surface area contributed by atoms with E-state index in [1.807, 2.05) is 0 Å². The van der Waals surface area contributed by atoms with Gasteiger partial charge in [0.25, 0.3) is 5.78 Å². The van der Waals surface area contributed by atoms with Crippen LogP contribution < -0.4 is 14.4 Å². The zero-order valence-electron chi connectivity index (χ0n) is 20.5. The minimum atomic E-state index is -1.14. The number of phenolic OH excluding ortho intramolecular Hbond substituents is 1. The lowest BCUT2D eigenvalue weighted by atomic mass is 9.95. The highest BCUT2D eigenvalue weighted by atomic mass is 32.1. The molecule has 1 fully saturated rings. The lowest BCUT2D eigenvalue weighted by Crippen LogP contribution is -2.29. The summed E-state index contributed by atoms with van der Waals surface area (Å²) in [4.78, 5) is 44.6. The van der Waals surface area contributed by atoms with E-state index in [1.165, 1.54) is 38.5 Å². The van der Waals surface area contributed by atoms with Gasteiger partial charge in [0.15, 0.2) is 16.6 Å². The van der Waals surface area contributed by atoms with Crippen molar-refractivity contribution in [2.24, 2.45) is 0 Å². The van der Waals surface area contributed by atoms with Crippen LogP contribution in [0.5, 0.6) is 17.2 Å². The Morgan fingerprint density at radius 2 is 1.92 bits per heavy atom. The second-order valence-corrected chi connectivity index (χ2v) is 8.94. The number of ether oxygens (including phenoxy) is 3. The van der Waals surface area contributed by atoms with Crippen molar-refractivity contribution in [1.29, 1.82) is 0 Å². The molecule has 11 heteroatoms. The van der Waals surface area contributed by atoms with Gasteiger partial charge in [0.05, 0.1) is 38.1 Å². The number of benzene rings is 2. The number of aliphatic hydroxyl groups excluding tert-OH is 1. The molecule has 37 heavy (non-hydrogen) atoms. The zero-order valence-corrected chi connectivity index (χ0v) is 21.3. The third-order valence-corrected chi connectivity index (χ3v) is 6.89. The van der Waals surface area contributed by atoms with Crippen LogP contribution in [0.15, 0.2) is 48.0 Å². The fourth-order valence-electron chi connectivity index (χ4n) is 4.01. The van der Waals surface area contributed by atoms with Crippen LogP contribution in [-0.4, -0.2) is 53.7 Å². The SMILES string of the molecule is CCOc1cc([C@H]2/C(=C(\O)c3cccc(OC)c3)C(=O)C(=O)N2c2nc(C)c(C(=O)OC)s2)ccc1O. The number of methoxy groups -OCH3 is 2. The summed E-state index contributed by atoms with van der Waals surface area (Å²) in [6, 6.07) is 9.66. The molecular weight excluding hydrogens is 500 g/mol. The minimum Gasteiger partial charge on any atom is -0.507 e. The average molecular weight is 525 g/mol. The van der Waals surface area contributed by atoms with Crippen molar-refractivity contribution in [2.75, 3.05) is 25.7 Å². The number of thiazole rings is 1. The number of phenols is 1. The van der Waals surface area contributed by atoms with E-state index in [2.05, 4.69) is 4.98 Å². The fraction of sp³-hybridized carbons (Fsp3) is 0.231. The normalized spacial score (nSPS) is 16.6. The molecule has 2 aromatic carbocycles. The highest BCUT2D eigenvalue weighted by Crippen LogP contribution is 2.45. The van der Waals surface area contributed by atoms with Crippen molar-refractivity contribution in [2.45, 2.75) is 19.9 Å². The number of rotatable bonds is 7. The molecule has 1 atom stereocenters. The van der Waals surface area contributed by atoms with Crippen LogP contribution in [0.1, 0.15) is 39.5 Å². The van der Waals surface area contributed by atoms with Gasteiger partial charge in [0.2, 0.25) is 0 Å². The second kappa shape index (κ2) is 10.3. The molecule has 192 valence electrons. The third kappa shape index (κ3) is 4.60. The highest BCUT2D eigenvalue weighted by Gasteiger charge is 2.48. The molecule has 0 aliphatic carbocycles. The molecule has 1 aromatic heterocycles. The maximum atomic E-state index is 13.4. The van der Waals surface area contributed by atoms with Gasteiger partial charge in [0, 0.05) is 5.56 Å². The van der Waals surface area contributed by atoms with Crippen LogP contribution in [0.3, 0.4) is 0 Å². The average Bonchev–Trinajstić information content (AvgIpc) is 3.41. The van der Waals surface area contributed by atoms with Crippen molar-refractivity contribution < 1.29 is 38.8 Å². The Balaban J connectivity index is 1.96. The molecule has 4 rings (SSSR count). The number of carbonyl (C=O) groups excluding carboxylic acids is 3. The highest BCUT2D eigenvalue weighted by molar-refractivity contribution is 7.17. The molecular formula is C26H24N2O8S. The van der Waals surface area contributed by atoms with E-state index in [0.29, 0.717) is 17.0 Å². The molecule has 1 amide bonds. The molecule has 0 radical (unpaired) electrons. The number of esters is 1. The van der Waals surface area contributed by atoms with Crippen molar-refractivity contribution in [1.82, 2.24) is 4.98 Å². The van der Waals surface area contributed by atoms with Gasteiger partial charge in [-0.15, -0.1) is 0 Å². The summed E-state index contributed by atoms with van der Waals surface area (Å²) in [5, 5.41) is 21.6. The first-order valence-electron chi connectivity index (χ1n) is 11.2. The van der Waals surface area contributed by atoms with Crippen molar-refractivity contribution in [3.05, 3.63) is 69.7 Å². The minimum absolute atomic E-state index is 0.0701. The van der Waals surface area contributed by atoms with E-state index in [1.54, 1.807) is 32.0 Å². The summed E-state index contributed by atoms with van der Waals surface area (Å²) in [5.41, 5.74) is 0.758. The molecule has 1 aliphatic heterocycles. The molecule has 0 spiro atoms. The number of hydrogen-bond acceptors (Lipinski definition) is 10. The van der Waals surface area contributed by atoms with E-state index in [9.17, 15) is 24.6 Å². The largest absolute Gasteiger partial charge is 0.507 e. The van der Waals surface area contributed by atoms with Crippen LogP contribution in [-0.2, 0) is 14.3 Å². The van der Waals surface area contributed by atoms with Gasteiger partial charge < -0.3 is 24.4 Å². The number of anilines is 1. The van der Waals surface area contributed by atoms with Crippen molar-refractivity contribution >= 4 is 39.9 Å². The number of aromatic nitrogens is 1. The first-order valence-corrected chi connectivity index (χ1v) is 12.0. The van der Waals surface area contributed by atoms with Gasteiger partial charge in [-0.3, -0.25) is 14.5 Å². The van der Waals surface area contributed by atoms with Crippen molar-refractivity contribution in [3.63, 3.8) is 0 Å². The van der Waals surface area contributed by atoms with Gasteiger partial charge in [-0.1, -0.05) is 29.5 Å². The van der Waals surface area contributed by atoms with Gasteiger partial charge >= 0.3 is 11.9 Å². The number of aliphatic hydroxyl groups is 1. The molecule has 10 nitrogen and oxygen atoms in total. The van der Waals surface area contributed by atoms with E-state index < -0.39 is 29.5 Å². The molecule has 0 saturated carbocycles. The molecule has 2 N–H and O–H groups in total. The summed E-state index contributed by atoms with van der Waals surface area (Å²) in [6.45, 7) is 3.59. The number of aryl methyl sites for hydroxylation is 1. The number of nitrogens with zero attached hydrogens (tertiary/aromatic N) is 2. The predicted octanol–water partition coefficient (Wildman–Crippen LogP) is 3.98. The number of ketones is 1. The Morgan fingerprint density at radius 1 is 1.16 bits per heavy atom. The monoisotopic (exact) mass is 524 g/mol. The zero-order chi connectivity index (χ0) is 26.9. The first-order chi connectivity index (χ1) is 17.7. The fourth-order valence-corrected chi connectivity index (χ4v) is 5.02. The summed E-state index contributed by atoms with van der Waals surface area (Å²) in [6.07, 6.45) is 0. The van der Waals surface area contributed by atoms with Crippen LogP contribution >= 0.6 is 11.3 Å². The van der Waals surface area contributed by atoms with Crippen LogP contribution in [0.2, 0.25) is 0 Å². The Morgan fingerprint density at radius 3 is 2.59 bits per heavy atom. The molecule has 0 unspecified atom stereocenters. The second-order valence-electron chi connectivity index (χ2n) is 7.96. The standard InChI is InChI=1S/C26H24N2O8S/c1-5-36-18-12-14(9-10-17(18)29)20-19(21(30)15-7-6-8-16(11-15)34-3)22(31)24(32)28(20)26-27-13(2)23(37-26)25(33)35-4/h6-12,20,29-30H,5H2,1-4H3/b21-19+/t20-/m0/s1. The van der Waals surface area contributed by atoms with Gasteiger partial charge in [-0.05, 0) is 43.7 Å². The summed E-state index contributed by atoms with van der Waals surface area (Å²) in [7, 11) is 2.70. The lowest BCUT2D eigenvalue weighted by Gasteiger charge is -2.23. The molecule has 3 aromatic rings. The van der Waals surface area contributed by atoms with Crippen LogP contribution in [0, 0.1) is 6.92 Å². The maximum absolute atomic E-state index is 13.4. The predicted molar refractivity (Wildman–Crippen MR) is 135 cm³/mol. The molecule has 2 heterocycles. The van der Waals surface area contributed by atoms with Gasteiger partial charge in [-0.25, -0.2) is 9.78 Å². The van der Waals surface area contributed by atoms with E-state index in [-0.39, 0.29) is 39.3 Å². The van der Waals surface area contributed by atoms with Crippen LogP contribution in [0.25, 0.3) is 5.76 Å². The Labute approximate surface area is 216 Å². The molecule has 0 bridgehead atoms. The molecule has 1 saturated heterocycles. The van der Waals surface area contributed by atoms with Gasteiger partial charge in [-0.2, -0.15) is 0 Å². The van der Waals surface area contributed by atoms with E-state index in [0.717, 1.165) is 16.2 Å². The number of carbonyl (C=O) groups is 3. The number of amides is 1. The summed E-state index contributed by atoms with van der Waals surface area (Å²) < 4.78 is 15.5. The quantitative estimate of drug-likeness (QED) is 0.204. The molecule has 1 aliphatic rings. The Bertz CT molecular complexity index is 1430. The van der Waals surface area contributed by atoms with E-state index >= 15 is 0 Å². The number of aromatic hydroxyl groups is 1. The number of hydrogen-bond donors (Lipinski definition) is 2. The van der Waals surface area contributed by atoms with Crippen molar-refractivity contribution in [3.8, 4) is 17.2 Å². The maximum Gasteiger partial charge on any atom is 0.350 e. The smallest absolute Gasteiger partial charge is 0.350 e. The summed E-state index contributed by atoms with van der Waals surface area (Å²) >= 11 is 0.889. The Kier molecular flexibility index (Phi) is 7.16. The van der Waals surface area contributed by atoms with Gasteiger partial charge in [0.1, 0.15) is 16.4 Å². The third-order valence-electron chi connectivity index (χ3n) is 5.75. The first kappa shape index (κ1) is 25.7. The number of Topliss-reactive ketones (excluding diaryl/α,β-unsaturated/α-hetero) is 1. The van der Waals surface area contributed by atoms with E-state index in [4.69, 9.17) is 14.2 Å². The topological polar surface area (TPSA) is 135 Å². The van der Waals surface area contributed by atoms with Crippen LogP contribution in [0.4, 0.5) is 5.13 Å².